The van der Waals surface area contributed by atoms with Crippen LogP contribution in [0.3, 0.4) is 0 Å². The van der Waals surface area contributed by atoms with Gasteiger partial charge in [-0.2, -0.15) is 0 Å². The van der Waals surface area contributed by atoms with Crippen molar-refractivity contribution in [3.63, 3.8) is 0 Å². The molecule has 0 aromatic heterocycles. The lowest BCUT2D eigenvalue weighted by Gasteiger charge is -2.28. The van der Waals surface area contributed by atoms with Crippen LogP contribution in [0.25, 0.3) is 0 Å². The van der Waals surface area contributed by atoms with Crippen LogP contribution in [0.5, 0.6) is 0 Å². The Morgan fingerprint density at radius 2 is 1.72 bits per heavy atom. The van der Waals surface area contributed by atoms with E-state index in [2.05, 4.69) is 0 Å². The van der Waals surface area contributed by atoms with Crippen LogP contribution >= 0.6 is 23.2 Å². The second-order valence-corrected chi connectivity index (χ2v) is 7.52. The van der Waals surface area contributed by atoms with Crippen molar-refractivity contribution in [3.8, 4) is 0 Å². The first-order valence-electron chi connectivity index (χ1n) is 6.89. The van der Waals surface area contributed by atoms with E-state index >= 15 is 0 Å². The molecule has 2 rings (SSSR count). The number of nitro groups is 1. The summed E-state index contributed by atoms with van der Waals surface area (Å²) in [6.45, 7) is 1.27. The van der Waals surface area contributed by atoms with Crippen molar-refractivity contribution < 1.29 is 18.1 Å². The minimum atomic E-state index is -4.49. The molecule has 10 heteroatoms. The second-order valence-electron chi connectivity index (χ2n) is 4.96. The van der Waals surface area contributed by atoms with Crippen LogP contribution in [0.15, 0.2) is 53.4 Å². The van der Waals surface area contributed by atoms with Crippen molar-refractivity contribution >= 4 is 49.8 Å². The van der Waals surface area contributed by atoms with Crippen LogP contribution in [0.4, 0.5) is 11.4 Å². The number of anilines is 1. The maximum Gasteiger partial charge on any atom is 0.289 e. The highest BCUT2D eigenvalue weighted by molar-refractivity contribution is 7.93. The number of hydrogen-bond donors (Lipinski definition) is 0. The lowest BCUT2D eigenvalue weighted by Crippen LogP contribution is -2.42. The Bertz CT molecular complexity index is 933. The highest BCUT2D eigenvalue weighted by Gasteiger charge is 2.37. The van der Waals surface area contributed by atoms with Gasteiger partial charge < -0.3 is 0 Å². The number of carbonyl (C=O) groups excluding carboxylic acids is 1. The zero-order chi connectivity index (χ0) is 18.8. The molecule has 132 valence electrons. The van der Waals surface area contributed by atoms with Crippen LogP contribution in [0.1, 0.15) is 6.92 Å². The number of rotatable bonds is 6. The summed E-state index contributed by atoms with van der Waals surface area (Å²) >= 11 is 11.6. The molecule has 0 saturated heterocycles. The summed E-state index contributed by atoms with van der Waals surface area (Å²) in [5.74, 6) is 0. The van der Waals surface area contributed by atoms with Crippen LogP contribution in [-0.2, 0) is 14.8 Å². The molecule has 2 aromatic rings. The smallest absolute Gasteiger partial charge is 0.279 e. The molecule has 1 unspecified atom stereocenters. The third kappa shape index (κ3) is 3.76. The molecule has 0 spiro atoms. The molecule has 0 aliphatic carbocycles. The third-order valence-electron chi connectivity index (χ3n) is 3.37. The zero-order valence-electron chi connectivity index (χ0n) is 12.8. The molecule has 1 atom stereocenters. The van der Waals surface area contributed by atoms with E-state index in [0.717, 1.165) is 12.1 Å². The first kappa shape index (κ1) is 19.2. The summed E-state index contributed by atoms with van der Waals surface area (Å²) in [6.07, 6.45) is 0. The van der Waals surface area contributed by atoms with Gasteiger partial charge in [-0.3, -0.25) is 19.2 Å². The van der Waals surface area contributed by atoms with Gasteiger partial charge in [0.1, 0.15) is 6.04 Å². The van der Waals surface area contributed by atoms with Gasteiger partial charge in [0, 0.05) is 6.07 Å². The van der Waals surface area contributed by atoms with Crippen molar-refractivity contribution in [1.29, 1.82) is 0 Å². The molecular weight excluding hydrogens is 391 g/mol. The molecule has 0 aliphatic rings. The maximum absolute atomic E-state index is 13.1. The van der Waals surface area contributed by atoms with Gasteiger partial charge in [-0.25, -0.2) is 8.42 Å². The lowest BCUT2D eigenvalue weighted by molar-refractivity contribution is -0.387. The van der Waals surface area contributed by atoms with Crippen LogP contribution < -0.4 is 4.31 Å². The summed E-state index contributed by atoms with van der Waals surface area (Å²) < 4.78 is 26.9. The van der Waals surface area contributed by atoms with E-state index in [4.69, 9.17) is 23.2 Å². The fourth-order valence-corrected chi connectivity index (χ4v) is 4.43. The van der Waals surface area contributed by atoms with Gasteiger partial charge in [0.25, 0.3) is 15.7 Å². The van der Waals surface area contributed by atoms with Crippen molar-refractivity contribution in [3.05, 3.63) is 63.7 Å². The van der Waals surface area contributed by atoms with Crippen LogP contribution in [0.2, 0.25) is 5.02 Å². The Balaban J connectivity index is 2.76. The lowest BCUT2D eigenvalue weighted by atomic mass is 10.3. The van der Waals surface area contributed by atoms with Crippen molar-refractivity contribution in [2.45, 2.75) is 17.9 Å². The molecule has 7 nitrogen and oxygen atoms in total. The molecule has 0 amide bonds. The highest BCUT2D eigenvalue weighted by Crippen LogP contribution is 2.35. The summed E-state index contributed by atoms with van der Waals surface area (Å²) in [4.78, 5) is 21.5. The zero-order valence-corrected chi connectivity index (χ0v) is 15.1. The van der Waals surface area contributed by atoms with Crippen molar-refractivity contribution in [2.24, 2.45) is 0 Å². The number of benzene rings is 2. The Kier molecular flexibility index (Phi) is 5.66. The molecule has 0 fully saturated rings. The van der Waals surface area contributed by atoms with E-state index in [1.165, 1.54) is 37.3 Å². The standard InChI is InChI=1S/C15H12Cl2N2O5S/c1-10(15(17)20)18(12-7-3-2-6-11(12)16)25(23,24)14-9-5-4-8-13(14)19(21)22/h2-10H,1H3. The van der Waals surface area contributed by atoms with Crippen LogP contribution in [-0.4, -0.2) is 24.6 Å². The Morgan fingerprint density at radius 3 is 2.28 bits per heavy atom. The van der Waals surface area contributed by atoms with E-state index in [9.17, 15) is 23.3 Å². The average molecular weight is 403 g/mol. The van der Waals surface area contributed by atoms with Gasteiger partial charge in [-0.15, -0.1) is 0 Å². The Morgan fingerprint density at radius 1 is 1.16 bits per heavy atom. The monoisotopic (exact) mass is 402 g/mol. The molecule has 0 aliphatic heterocycles. The number of nitrogens with zero attached hydrogens (tertiary/aromatic N) is 2. The Hall–Kier alpha value is -2.16. The normalized spacial score (nSPS) is 12.4. The van der Waals surface area contributed by atoms with Gasteiger partial charge in [0.15, 0.2) is 4.90 Å². The summed E-state index contributed by atoms with van der Waals surface area (Å²) in [7, 11) is -4.49. The molecule has 2 aromatic carbocycles. The quantitative estimate of drug-likeness (QED) is 0.417. The minimum absolute atomic E-state index is 0.0104. The van der Waals surface area contributed by atoms with Gasteiger partial charge in [-0.05, 0) is 36.7 Å². The first-order valence-corrected chi connectivity index (χ1v) is 9.09. The summed E-state index contributed by atoms with van der Waals surface area (Å²) in [5.41, 5.74) is -0.627. The van der Waals surface area contributed by atoms with E-state index in [0.29, 0.717) is 4.31 Å². The maximum atomic E-state index is 13.1. The van der Waals surface area contributed by atoms with Crippen LogP contribution in [0, 0.1) is 10.1 Å². The number of para-hydroxylation sites is 2. The van der Waals surface area contributed by atoms with E-state index in [1.54, 1.807) is 6.07 Å². The number of hydrogen-bond acceptors (Lipinski definition) is 5. The molecule has 0 radical (unpaired) electrons. The topological polar surface area (TPSA) is 97.6 Å². The van der Waals surface area contributed by atoms with Crippen molar-refractivity contribution in [1.82, 2.24) is 0 Å². The average Bonchev–Trinajstić information content (AvgIpc) is 2.56. The largest absolute Gasteiger partial charge is 0.289 e. The van der Waals surface area contributed by atoms with E-state index in [-0.39, 0.29) is 10.7 Å². The predicted molar refractivity (Wildman–Crippen MR) is 94.5 cm³/mol. The fraction of sp³-hybridized carbons (Fsp3) is 0.133. The molecule has 0 heterocycles. The van der Waals surface area contributed by atoms with Gasteiger partial charge in [-0.1, -0.05) is 35.9 Å². The second kappa shape index (κ2) is 7.38. The number of carbonyl (C=O) groups is 1. The molecule has 0 bridgehead atoms. The molecule has 25 heavy (non-hydrogen) atoms. The Labute approximate surface area is 154 Å². The fourth-order valence-electron chi connectivity index (χ4n) is 2.20. The predicted octanol–water partition coefficient (Wildman–Crippen LogP) is 3.60. The first-order chi connectivity index (χ1) is 11.7. The third-order valence-corrected chi connectivity index (χ3v) is 5.94. The van der Waals surface area contributed by atoms with E-state index in [1.807, 2.05) is 0 Å². The molecule has 0 saturated carbocycles. The summed E-state index contributed by atoms with van der Waals surface area (Å²) in [5, 5.41) is 10.3. The number of halogens is 2. The van der Waals surface area contributed by atoms with Gasteiger partial charge in [0.2, 0.25) is 5.24 Å². The summed E-state index contributed by atoms with van der Waals surface area (Å²) in [6, 6.07) is 9.42. The number of nitro benzene ring substituents is 1. The SMILES string of the molecule is CC(C(=O)Cl)N(c1ccccc1Cl)S(=O)(=O)c1ccccc1[N+](=O)[O-]. The van der Waals surface area contributed by atoms with Gasteiger partial charge >= 0.3 is 0 Å². The molecular formula is C15H12Cl2N2O5S. The van der Waals surface area contributed by atoms with Gasteiger partial charge in [0.05, 0.1) is 15.6 Å². The van der Waals surface area contributed by atoms with Crippen molar-refractivity contribution in [2.75, 3.05) is 4.31 Å². The molecule has 0 N–H and O–H groups in total. The highest BCUT2D eigenvalue weighted by atomic mass is 35.5. The number of sulfonamides is 1. The van der Waals surface area contributed by atoms with E-state index < -0.39 is 36.8 Å². The minimum Gasteiger partial charge on any atom is -0.279 e.